The van der Waals surface area contributed by atoms with Crippen LogP contribution in [-0.4, -0.2) is 18.6 Å². The number of anilines is 1. The number of pyridine rings is 1. The normalized spacial score (nSPS) is 10.4. The number of rotatable bonds is 7. The van der Waals surface area contributed by atoms with Gasteiger partial charge in [-0.3, -0.25) is 4.98 Å². The van der Waals surface area contributed by atoms with E-state index in [1.54, 1.807) is 6.20 Å². The molecule has 1 N–H and O–H groups in total. The van der Waals surface area contributed by atoms with Crippen molar-refractivity contribution in [2.45, 2.75) is 19.4 Å². The summed E-state index contributed by atoms with van der Waals surface area (Å²) in [6, 6.07) is 14.4. The SMILES string of the molecule is CNc1ccnc(COCCCc2ccccc2)c1. The molecular formula is C16H20N2O. The Bertz CT molecular complexity index is 485. The Balaban J connectivity index is 1.66. The van der Waals surface area contributed by atoms with Gasteiger partial charge in [-0.1, -0.05) is 30.3 Å². The maximum absolute atomic E-state index is 5.65. The molecule has 0 radical (unpaired) electrons. The molecule has 0 aliphatic rings. The molecule has 0 saturated heterocycles. The lowest BCUT2D eigenvalue weighted by Gasteiger charge is -2.06. The first kappa shape index (κ1) is 13.6. The maximum Gasteiger partial charge on any atom is 0.0888 e. The van der Waals surface area contributed by atoms with Crippen LogP contribution >= 0.6 is 0 Å². The second-order valence-electron chi connectivity index (χ2n) is 4.43. The number of ether oxygens (including phenoxy) is 1. The lowest BCUT2D eigenvalue weighted by Crippen LogP contribution is -2.00. The average Bonchev–Trinajstić information content (AvgIpc) is 2.48. The van der Waals surface area contributed by atoms with Crippen molar-refractivity contribution < 1.29 is 4.74 Å². The average molecular weight is 256 g/mol. The van der Waals surface area contributed by atoms with Gasteiger partial charge in [-0.25, -0.2) is 0 Å². The molecule has 0 saturated carbocycles. The van der Waals surface area contributed by atoms with Gasteiger partial charge in [0.2, 0.25) is 0 Å². The van der Waals surface area contributed by atoms with E-state index < -0.39 is 0 Å². The number of aromatic nitrogens is 1. The fraction of sp³-hybridized carbons (Fsp3) is 0.312. The zero-order valence-electron chi connectivity index (χ0n) is 11.3. The van der Waals surface area contributed by atoms with Crippen molar-refractivity contribution in [1.29, 1.82) is 0 Å². The van der Waals surface area contributed by atoms with E-state index in [4.69, 9.17) is 4.74 Å². The first-order chi connectivity index (χ1) is 9.38. The molecule has 0 amide bonds. The van der Waals surface area contributed by atoms with Gasteiger partial charge in [0.1, 0.15) is 0 Å². The van der Waals surface area contributed by atoms with Gasteiger partial charge in [-0.05, 0) is 30.5 Å². The summed E-state index contributed by atoms with van der Waals surface area (Å²) in [5.41, 5.74) is 3.39. The predicted molar refractivity (Wildman–Crippen MR) is 78.2 cm³/mol. The van der Waals surface area contributed by atoms with E-state index in [0.717, 1.165) is 30.8 Å². The molecule has 3 heteroatoms. The Labute approximate surface area is 114 Å². The topological polar surface area (TPSA) is 34.2 Å². The summed E-state index contributed by atoms with van der Waals surface area (Å²) in [6.45, 7) is 1.34. The number of benzene rings is 1. The van der Waals surface area contributed by atoms with Crippen molar-refractivity contribution in [2.24, 2.45) is 0 Å². The Morgan fingerprint density at radius 3 is 2.79 bits per heavy atom. The van der Waals surface area contributed by atoms with Crippen LogP contribution < -0.4 is 5.32 Å². The van der Waals surface area contributed by atoms with E-state index in [2.05, 4.69) is 34.6 Å². The molecule has 3 nitrogen and oxygen atoms in total. The fourth-order valence-corrected chi connectivity index (χ4v) is 1.91. The second kappa shape index (κ2) is 7.54. The van der Waals surface area contributed by atoms with Crippen LogP contribution in [0.3, 0.4) is 0 Å². The highest BCUT2D eigenvalue weighted by Gasteiger charge is 1.97. The van der Waals surface area contributed by atoms with Crippen LogP contribution in [0.5, 0.6) is 0 Å². The second-order valence-corrected chi connectivity index (χ2v) is 4.43. The monoisotopic (exact) mass is 256 g/mol. The van der Waals surface area contributed by atoms with Crippen molar-refractivity contribution in [2.75, 3.05) is 19.0 Å². The van der Waals surface area contributed by atoms with E-state index in [0.29, 0.717) is 6.61 Å². The predicted octanol–water partition coefficient (Wildman–Crippen LogP) is 3.27. The van der Waals surface area contributed by atoms with Gasteiger partial charge in [-0.2, -0.15) is 0 Å². The minimum Gasteiger partial charge on any atom is -0.388 e. The Morgan fingerprint density at radius 1 is 1.16 bits per heavy atom. The molecule has 19 heavy (non-hydrogen) atoms. The standard InChI is InChI=1S/C16H20N2O/c1-17-15-9-10-18-16(12-15)13-19-11-5-8-14-6-3-2-4-7-14/h2-4,6-7,9-10,12H,5,8,11,13H2,1H3,(H,17,18). The summed E-state index contributed by atoms with van der Waals surface area (Å²) in [4.78, 5) is 4.28. The van der Waals surface area contributed by atoms with Crippen molar-refractivity contribution in [3.63, 3.8) is 0 Å². The molecular weight excluding hydrogens is 236 g/mol. The first-order valence-corrected chi connectivity index (χ1v) is 6.63. The van der Waals surface area contributed by atoms with Gasteiger partial charge < -0.3 is 10.1 Å². The highest BCUT2D eigenvalue weighted by Crippen LogP contribution is 2.08. The molecule has 0 unspecified atom stereocenters. The van der Waals surface area contributed by atoms with Crippen LogP contribution in [0.15, 0.2) is 48.7 Å². The number of nitrogens with zero attached hydrogens (tertiary/aromatic N) is 1. The van der Waals surface area contributed by atoms with Crippen molar-refractivity contribution in [1.82, 2.24) is 4.98 Å². The minimum absolute atomic E-state index is 0.574. The molecule has 0 spiro atoms. The third kappa shape index (κ3) is 4.72. The quantitative estimate of drug-likeness (QED) is 0.772. The van der Waals surface area contributed by atoms with Crippen molar-refractivity contribution in [3.05, 3.63) is 59.9 Å². The molecule has 1 heterocycles. The molecule has 0 atom stereocenters. The van der Waals surface area contributed by atoms with Crippen LogP contribution in [0, 0.1) is 0 Å². The van der Waals surface area contributed by atoms with Gasteiger partial charge >= 0.3 is 0 Å². The summed E-state index contributed by atoms with van der Waals surface area (Å²) < 4.78 is 5.65. The number of hydrogen-bond donors (Lipinski definition) is 1. The third-order valence-corrected chi connectivity index (χ3v) is 2.95. The van der Waals surface area contributed by atoms with Gasteiger partial charge in [0, 0.05) is 25.5 Å². The Kier molecular flexibility index (Phi) is 5.38. The van der Waals surface area contributed by atoms with E-state index in [9.17, 15) is 0 Å². The summed E-state index contributed by atoms with van der Waals surface area (Å²) in [6.07, 6.45) is 3.90. The van der Waals surface area contributed by atoms with Gasteiger partial charge in [0.05, 0.1) is 12.3 Å². The third-order valence-electron chi connectivity index (χ3n) is 2.95. The molecule has 0 bridgehead atoms. The fourth-order valence-electron chi connectivity index (χ4n) is 1.91. The van der Waals surface area contributed by atoms with E-state index >= 15 is 0 Å². The van der Waals surface area contributed by atoms with Gasteiger partial charge in [0.25, 0.3) is 0 Å². The molecule has 100 valence electrons. The van der Waals surface area contributed by atoms with E-state index in [1.807, 2.05) is 25.2 Å². The molecule has 0 aliphatic carbocycles. The zero-order valence-corrected chi connectivity index (χ0v) is 11.3. The van der Waals surface area contributed by atoms with Crippen LogP contribution in [-0.2, 0) is 17.8 Å². The number of aryl methyl sites for hydroxylation is 1. The summed E-state index contributed by atoms with van der Waals surface area (Å²) >= 11 is 0. The van der Waals surface area contributed by atoms with Crippen molar-refractivity contribution >= 4 is 5.69 Å². The zero-order chi connectivity index (χ0) is 13.3. The van der Waals surface area contributed by atoms with Gasteiger partial charge in [0.15, 0.2) is 0 Å². The largest absolute Gasteiger partial charge is 0.388 e. The smallest absolute Gasteiger partial charge is 0.0888 e. The summed E-state index contributed by atoms with van der Waals surface area (Å²) in [5, 5.41) is 3.09. The number of nitrogens with one attached hydrogen (secondary N) is 1. The Morgan fingerprint density at radius 2 is 2.00 bits per heavy atom. The molecule has 1 aromatic carbocycles. The van der Waals surface area contributed by atoms with Crippen molar-refractivity contribution in [3.8, 4) is 0 Å². The molecule has 2 aromatic rings. The lowest BCUT2D eigenvalue weighted by atomic mass is 10.1. The summed E-state index contributed by atoms with van der Waals surface area (Å²) in [7, 11) is 1.90. The highest BCUT2D eigenvalue weighted by atomic mass is 16.5. The highest BCUT2D eigenvalue weighted by molar-refractivity contribution is 5.42. The van der Waals surface area contributed by atoms with Crippen LogP contribution in [0.25, 0.3) is 0 Å². The molecule has 2 rings (SSSR count). The molecule has 1 aromatic heterocycles. The van der Waals surface area contributed by atoms with Crippen LogP contribution in [0.4, 0.5) is 5.69 Å². The number of hydrogen-bond acceptors (Lipinski definition) is 3. The van der Waals surface area contributed by atoms with Gasteiger partial charge in [-0.15, -0.1) is 0 Å². The Hall–Kier alpha value is -1.87. The first-order valence-electron chi connectivity index (χ1n) is 6.63. The maximum atomic E-state index is 5.65. The molecule has 0 fully saturated rings. The summed E-state index contributed by atoms with van der Waals surface area (Å²) in [5.74, 6) is 0. The minimum atomic E-state index is 0.574. The van der Waals surface area contributed by atoms with E-state index in [-0.39, 0.29) is 0 Å². The van der Waals surface area contributed by atoms with E-state index in [1.165, 1.54) is 5.56 Å². The van der Waals surface area contributed by atoms with Crippen LogP contribution in [0.1, 0.15) is 17.7 Å². The lowest BCUT2D eigenvalue weighted by molar-refractivity contribution is 0.116. The molecule has 0 aliphatic heterocycles. The van der Waals surface area contributed by atoms with Crippen LogP contribution in [0.2, 0.25) is 0 Å².